The SMILES string of the molecule is Cc1ccc2c(N3CCOCC3)nc(Cl)nc2c1. The Hall–Kier alpha value is -1.39. The highest BCUT2D eigenvalue weighted by atomic mass is 35.5. The zero-order valence-electron chi connectivity index (χ0n) is 10.2. The number of morpholine rings is 1. The maximum Gasteiger partial charge on any atom is 0.224 e. The first-order valence-corrected chi connectivity index (χ1v) is 6.38. The second kappa shape index (κ2) is 4.71. The van der Waals surface area contributed by atoms with Crippen LogP contribution in [-0.2, 0) is 4.74 Å². The van der Waals surface area contributed by atoms with E-state index in [1.807, 2.05) is 13.0 Å². The average molecular weight is 264 g/mol. The van der Waals surface area contributed by atoms with Crippen molar-refractivity contribution in [2.75, 3.05) is 31.2 Å². The molecule has 3 rings (SSSR count). The third-order valence-electron chi connectivity index (χ3n) is 3.12. The number of halogens is 1. The second-order valence-electron chi connectivity index (χ2n) is 4.44. The summed E-state index contributed by atoms with van der Waals surface area (Å²) in [6.07, 6.45) is 0. The number of aromatic nitrogens is 2. The van der Waals surface area contributed by atoms with Crippen LogP contribution in [0.4, 0.5) is 5.82 Å². The van der Waals surface area contributed by atoms with Crippen molar-refractivity contribution in [3.8, 4) is 0 Å². The minimum Gasteiger partial charge on any atom is -0.378 e. The number of aryl methyl sites for hydroxylation is 1. The molecule has 1 saturated heterocycles. The lowest BCUT2D eigenvalue weighted by Crippen LogP contribution is -2.37. The van der Waals surface area contributed by atoms with Gasteiger partial charge in [-0.3, -0.25) is 0 Å². The van der Waals surface area contributed by atoms with Crippen LogP contribution in [0.25, 0.3) is 10.9 Å². The molecule has 2 heterocycles. The summed E-state index contributed by atoms with van der Waals surface area (Å²) in [6.45, 7) is 5.19. The first-order chi connectivity index (χ1) is 8.74. The van der Waals surface area contributed by atoms with Gasteiger partial charge in [-0.05, 0) is 36.2 Å². The lowest BCUT2D eigenvalue weighted by Gasteiger charge is -2.28. The summed E-state index contributed by atoms with van der Waals surface area (Å²) < 4.78 is 5.36. The van der Waals surface area contributed by atoms with Crippen molar-refractivity contribution in [3.05, 3.63) is 29.0 Å². The van der Waals surface area contributed by atoms with Gasteiger partial charge in [-0.2, -0.15) is 4.98 Å². The molecule has 1 aromatic carbocycles. The summed E-state index contributed by atoms with van der Waals surface area (Å²) in [6, 6.07) is 6.17. The van der Waals surface area contributed by atoms with Crippen LogP contribution in [0.5, 0.6) is 0 Å². The van der Waals surface area contributed by atoms with E-state index in [9.17, 15) is 0 Å². The van der Waals surface area contributed by atoms with Gasteiger partial charge in [-0.1, -0.05) is 6.07 Å². The van der Waals surface area contributed by atoms with Crippen molar-refractivity contribution in [3.63, 3.8) is 0 Å². The molecule has 0 radical (unpaired) electrons. The van der Waals surface area contributed by atoms with Crippen molar-refractivity contribution in [1.29, 1.82) is 0 Å². The highest BCUT2D eigenvalue weighted by molar-refractivity contribution is 6.28. The summed E-state index contributed by atoms with van der Waals surface area (Å²) in [5.41, 5.74) is 2.07. The highest BCUT2D eigenvalue weighted by Crippen LogP contribution is 2.26. The Morgan fingerprint density at radius 1 is 1.22 bits per heavy atom. The molecule has 0 N–H and O–H groups in total. The average Bonchev–Trinajstić information content (AvgIpc) is 2.38. The molecule has 5 heteroatoms. The van der Waals surface area contributed by atoms with E-state index in [0.717, 1.165) is 43.0 Å². The van der Waals surface area contributed by atoms with E-state index in [0.29, 0.717) is 5.28 Å². The van der Waals surface area contributed by atoms with Crippen LogP contribution < -0.4 is 4.90 Å². The molecule has 94 valence electrons. The van der Waals surface area contributed by atoms with Gasteiger partial charge < -0.3 is 9.64 Å². The number of nitrogens with zero attached hydrogens (tertiary/aromatic N) is 3. The number of anilines is 1. The van der Waals surface area contributed by atoms with Gasteiger partial charge >= 0.3 is 0 Å². The smallest absolute Gasteiger partial charge is 0.224 e. The number of hydrogen-bond donors (Lipinski definition) is 0. The normalized spacial score (nSPS) is 16.2. The molecule has 1 aromatic heterocycles. The fourth-order valence-electron chi connectivity index (χ4n) is 2.21. The Kier molecular flexibility index (Phi) is 3.06. The van der Waals surface area contributed by atoms with Gasteiger partial charge in [0.15, 0.2) is 0 Å². The van der Waals surface area contributed by atoms with Crippen LogP contribution in [0.2, 0.25) is 5.28 Å². The van der Waals surface area contributed by atoms with Crippen LogP contribution in [-0.4, -0.2) is 36.3 Å². The molecule has 0 atom stereocenters. The van der Waals surface area contributed by atoms with Crippen molar-refractivity contribution < 1.29 is 4.74 Å². The quantitative estimate of drug-likeness (QED) is 0.741. The maximum atomic E-state index is 6.02. The van der Waals surface area contributed by atoms with Gasteiger partial charge in [0, 0.05) is 18.5 Å². The molecule has 4 nitrogen and oxygen atoms in total. The molecule has 0 bridgehead atoms. The molecule has 1 aliphatic rings. The Balaban J connectivity index is 2.14. The number of benzene rings is 1. The van der Waals surface area contributed by atoms with Crippen LogP contribution in [0, 0.1) is 6.92 Å². The topological polar surface area (TPSA) is 38.2 Å². The monoisotopic (exact) mass is 263 g/mol. The van der Waals surface area contributed by atoms with Gasteiger partial charge in [-0.15, -0.1) is 0 Å². The van der Waals surface area contributed by atoms with Gasteiger partial charge in [0.25, 0.3) is 0 Å². The van der Waals surface area contributed by atoms with Gasteiger partial charge in [-0.25, -0.2) is 4.98 Å². The van der Waals surface area contributed by atoms with Crippen LogP contribution in [0.15, 0.2) is 18.2 Å². The lowest BCUT2D eigenvalue weighted by molar-refractivity contribution is 0.122. The van der Waals surface area contributed by atoms with Crippen LogP contribution >= 0.6 is 11.6 Å². The number of ether oxygens (including phenoxy) is 1. The van der Waals surface area contributed by atoms with E-state index in [2.05, 4.69) is 27.0 Å². The van der Waals surface area contributed by atoms with E-state index < -0.39 is 0 Å². The van der Waals surface area contributed by atoms with Crippen molar-refractivity contribution in [2.45, 2.75) is 6.92 Å². The van der Waals surface area contributed by atoms with Gasteiger partial charge in [0.2, 0.25) is 5.28 Å². The van der Waals surface area contributed by atoms with Crippen molar-refractivity contribution >= 4 is 28.3 Å². The highest BCUT2D eigenvalue weighted by Gasteiger charge is 2.16. The van der Waals surface area contributed by atoms with Crippen molar-refractivity contribution in [2.24, 2.45) is 0 Å². The zero-order chi connectivity index (χ0) is 12.5. The summed E-state index contributed by atoms with van der Waals surface area (Å²) in [5.74, 6) is 0.910. The molecular weight excluding hydrogens is 250 g/mol. The van der Waals surface area contributed by atoms with E-state index in [4.69, 9.17) is 16.3 Å². The Morgan fingerprint density at radius 2 is 2.00 bits per heavy atom. The third-order valence-corrected chi connectivity index (χ3v) is 3.28. The van der Waals surface area contributed by atoms with E-state index in [1.54, 1.807) is 0 Å². The molecule has 1 aliphatic heterocycles. The van der Waals surface area contributed by atoms with E-state index in [1.165, 1.54) is 5.56 Å². The fraction of sp³-hybridized carbons (Fsp3) is 0.385. The number of hydrogen-bond acceptors (Lipinski definition) is 4. The molecule has 0 amide bonds. The minimum atomic E-state index is 0.301. The second-order valence-corrected chi connectivity index (χ2v) is 4.77. The minimum absolute atomic E-state index is 0.301. The molecule has 1 fully saturated rings. The Morgan fingerprint density at radius 3 is 2.78 bits per heavy atom. The Labute approximate surface area is 111 Å². The fourth-order valence-corrected chi connectivity index (χ4v) is 2.38. The molecular formula is C13H14ClN3O. The zero-order valence-corrected chi connectivity index (χ0v) is 10.9. The standard InChI is InChI=1S/C13H14ClN3O/c1-9-2-3-10-11(8-9)15-13(14)16-12(10)17-4-6-18-7-5-17/h2-3,8H,4-7H2,1H3. The molecule has 0 unspecified atom stereocenters. The Bertz CT molecular complexity index is 576. The summed E-state index contributed by atoms with van der Waals surface area (Å²) in [7, 11) is 0. The van der Waals surface area contributed by atoms with Crippen molar-refractivity contribution in [1.82, 2.24) is 9.97 Å². The molecule has 0 aliphatic carbocycles. The molecule has 0 spiro atoms. The van der Waals surface area contributed by atoms with Crippen LogP contribution in [0.1, 0.15) is 5.56 Å². The first kappa shape index (κ1) is 11.7. The molecule has 18 heavy (non-hydrogen) atoms. The largest absolute Gasteiger partial charge is 0.378 e. The van der Waals surface area contributed by atoms with E-state index >= 15 is 0 Å². The van der Waals surface area contributed by atoms with Gasteiger partial charge in [0.05, 0.1) is 18.7 Å². The lowest BCUT2D eigenvalue weighted by atomic mass is 10.1. The number of fused-ring (bicyclic) bond motifs is 1. The number of rotatable bonds is 1. The molecule has 0 saturated carbocycles. The predicted octanol–water partition coefficient (Wildman–Crippen LogP) is 2.43. The first-order valence-electron chi connectivity index (χ1n) is 6.00. The molecule has 2 aromatic rings. The third kappa shape index (κ3) is 2.13. The summed E-state index contributed by atoms with van der Waals surface area (Å²) in [5, 5.41) is 1.35. The van der Waals surface area contributed by atoms with Gasteiger partial charge in [0.1, 0.15) is 5.82 Å². The maximum absolute atomic E-state index is 6.02. The van der Waals surface area contributed by atoms with Crippen LogP contribution in [0.3, 0.4) is 0 Å². The summed E-state index contributed by atoms with van der Waals surface area (Å²) >= 11 is 6.02. The predicted molar refractivity (Wildman–Crippen MR) is 72.3 cm³/mol. The summed E-state index contributed by atoms with van der Waals surface area (Å²) in [4.78, 5) is 10.9. The van der Waals surface area contributed by atoms with E-state index in [-0.39, 0.29) is 0 Å².